The molecule has 19 heavy (non-hydrogen) atoms. The Morgan fingerprint density at radius 1 is 1.37 bits per heavy atom. The number of fused-ring (bicyclic) bond motifs is 1. The maximum absolute atomic E-state index is 9.53. The molecule has 0 fully saturated rings. The average Bonchev–Trinajstić information content (AvgIpc) is 2.54. The number of rotatable bonds is 2. The Balaban J connectivity index is 2.55. The van der Waals surface area contributed by atoms with Gasteiger partial charge in [-0.1, -0.05) is 29.4 Å². The molecule has 0 radical (unpaired) electrons. The Hall–Kier alpha value is -0.650. The number of hydrogen-bond acceptors (Lipinski definition) is 5. The summed E-state index contributed by atoms with van der Waals surface area (Å²) in [5.41, 5.74) is 2.84. The van der Waals surface area contributed by atoms with Crippen LogP contribution in [-0.2, 0) is 11.2 Å². The number of oxime groups is 1. The van der Waals surface area contributed by atoms with Gasteiger partial charge in [-0.05, 0) is 36.8 Å². The van der Waals surface area contributed by atoms with Gasteiger partial charge in [0.1, 0.15) is 5.71 Å². The van der Waals surface area contributed by atoms with Gasteiger partial charge in [0.25, 0.3) is 0 Å². The van der Waals surface area contributed by atoms with Gasteiger partial charge in [-0.3, -0.25) is 0 Å². The van der Waals surface area contributed by atoms with Crippen LogP contribution in [-0.4, -0.2) is 34.3 Å². The topological polar surface area (TPSA) is 41.8 Å². The van der Waals surface area contributed by atoms with Crippen molar-refractivity contribution in [1.82, 2.24) is 0 Å². The molecule has 0 spiro atoms. The van der Waals surface area contributed by atoms with E-state index in [2.05, 4.69) is 11.2 Å². The van der Waals surface area contributed by atoms with Crippen molar-refractivity contribution in [3.63, 3.8) is 0 Å². The Bertz CT molecular complexity index is 459. The van der Waals surface area contributed by atoms with Crippen molar-refractivity contribution in [2.24, 2.45) is 5.16 Å². The van der Waals surface area contributed by atoms with Crippen LogP contribution in [0.1, 0.15) is 24.0 Å². The maximum Gasteiger partial charge on any atom is 0.207 e. The summed E-state index contributed by atoms with van der Waals surface area (Å²) in [7, 11) is 1.68. The third kappa shape index (κ3) is 2.93. The number of hydrogen-bond donors (Lipinski definition) is 1. The summed E-state index contributed by atoms with van der Waals surface area (Å²) >= 11 is 3.28. The summed E-state index contributed by atoms with van der Waals surface area (Å²) < 4.78 is 5.08. The first kappa shape index (κ1) is 14.8. The van der Waals surface area contributed by atoms with E-state index < -0.39 is 4.27 Å². The third-order valence-electron chi connectivity index (χ3n) is 3.33. The number of nitrogens with zero attached hydrogens (tertiary/aromatic N) is 1. The summed E-state index contributed by atoms with van der Waals surface area (Å²) in [6.07, 6.45) is 5.30. The lowest BCUT2D eigenvalue weighted by Crippen LogP contribution is -2.35. The fourth-order valence-electron chi connectivity index (χ4n) is 2.34. The molecule has 1 atom stereocenters. The zero-order valence-corrected chi connectivity index (χ0v) is 12.9. The lowest BCUT2D eigenvalue weighted by Gasteiger charge is -2.30. The normalized spacial score (nSPS) is 26.3. The molecule has 1 aromatic rings. The highest BCUT2D eigenvalue weighted by atomic mass is 32.2. The van der Waals surface area contributed by atoms with Crippen LogP contribution in [0.25, 0.3) is 0 Å². The first-order valence-electron chi connectivity index (χ1n) is 6.32. The van der Waals surface area contributed by atoms with Crippen molar-refractivity contribution in [3.8, 4) is 0 Å². The van der Waals surface area contributed by atoms with Crippen LogP contribution in [0.2, 0.25) is 0 Å². The zero-order chi connectivity index (χ0) is 13.7. The van der Waals surface area contributed by atoms with Crippen LogP contribution >= 0.6 is 23.5 Å². The van der Waals surface area contributed by atoms with Crippen molar-refractivity contribution in [3.05, 3.63) is 35.4 Å². The Morgan fingerprint density at radius 3 is 2.84 bits per heavy atom. The standard InChI is InChI=1S/C14H19NO2S2/c1-17-14(18-2)13(15-16)12-9-4-3-7-11(12)8-5-6-10-19-14/h3-4,7,9,16H,5-6,8,10H2,1-2H3/b15-13+. The van der Waals surface area contributed by atoms with Gasteiger partial charge in [0.05, 0.1) is 0 Å². The van der Waals surface area contributed by atoms with E-state index in [-0.39, 0.29) is 0 Å². The quantitative estimate of drug-likeness (QED) is 0.514. The molecule has 0 aliphatic carbocycles. The Morgan fingerprint density at radius 2 is 2.16 bits per heavy atom. The molecule has 0 saturated carbocycles. The van der Waals surface area contributed by atoms with E-state index in [1.54, 1.807) is 30.6 Å². The Labute approximate surface area is 122 Å². The number of ether oxygens (including phenoxy) is 1. The van der Waals surface area contributed by atoms with E-state index in [9.17, 15) is 5.21 Å². The molecule has 1 unspecified atom stereocenters. The van der Waals surface area contributed by atoms with Gasteiger partial charge in [0, 0.05) is 12.7 Å². The summed E-state index contributed by atoms with van der Waals surface area (Å²) in [4.78, 5) is 0. The second kappa shape index (κ2) is 6.68. The molecule has 0 saturated heterocycles. The molecule has 0 aromatic heterocycles. The molecule has 1 heterocycles. The summed E-state index contributed by atoms with van der Waals surface area (Å²) in [5.74, 6) is 1.00. The lowest BCUT2D eigenvalue weighted by molar-refractivity contribution is 0.191. The number of thioether (sulfide) groups is 2. The predicted molar refractivity (Wildman–Crippen MR) is 83.4 cm³/mol. The minimum atomic E-state index is -0.630. The SMILES string of the molecule is COC1(SC)SCCCCc2ccccc2/C1=N\O. The molecule has 5 heteroatoms. The highest BCUT2D eigenvalue weighted by Crippen LogP contribution is 2.42. The van der Waals surface area contributed by atoms with E-state index in [0.29, 0.717) is 5.71 Å². The zero-order valence-electron chi connectivity index (χ0n) is 11.3. The minimum absolute atomic E-state index is 0.616. The number of benzene rings is 1. The molecule has 2 rings (SSSR count). The summed E-state index contributed by atoms with van der Waals surface area (Å²) in [6.45, 7) is 0. The molecule has 1 aliphatic heterocycles. The van der Waals surface area contributed by atoms with Gasteiger partial charge in [-0.15, -0.1) is 23.5 Å². The van der Waals surface area contributed by atoms with Gasteiger partial charge in [0.2, 0.25) is 4.27 Å². The maximum atomic E-state index is 9.53. The minimum Gasteiger partial charge on any atom is -0.410 e. The monoisotopic (exact) mass is 297 g/mol. The van der Waals surface area contributed by atoms with Gasteiger partial charge in [-0.25, -0.2) is 0 Å². The molecule has 0 bridgehead atoms. The van der Waals surface area contributed by atoms with Gasteiger partial charge in [-0.2, -0.15) is 0 Å². The van der Waals surface area contributed by atoms with E-state index in [1.165, 1.54) is 5.56 Å². The van der Waals surface area contributed by atoms with Crippen LogP contribution in [0, 0.1) is 0 Å². The van der Waals surface area contributed by atoms with Crippen LogP contribution in [0.5, 0.6) is 0 Å². The van der Waals surface area contributed by atoms with Crippen LogP contribution in [0.3, 0.4) is 0 Å². The number of methoxy groups -OCH3 is 1. The van der Waals surface area contributed by atoms with E-state index in [1.807, 2.05) is 24.5 Å². The first-order valence-corrected chi connectivity index (χ1v) is 8.53. The van der Waals surface area contributed by atoms with E-state index >= 15 is 0 Å². The molecular weight excluding hydrogens is 278 g/mol. The van der Waals surface area contributed by atoms with Gasteiger partial charge >= 0.3 is 0 Å². The molecular formula is C14H19NO2S2. The fourth-order valence-corrected chi connectivity index (χ4v) is 4.59. The second-order valence-electron chi connectivity index (χ2n) is 4.38. The molecule has 1 aromatic carbocycles. The van der Waals surface area contributed by atoms with Crippen molar-refractivity contribution >= 4 is 29.2 Å². The van der Waals surface area contributed by atoms with Crippen molar-refractivity contribution in [2.45, 2.75) is 23.5 Å². The third-order valence-corrected chi connectivity index (χ3v) is 6.32. The highest BCUT2D eigenvalue weighted by molar-refractivity contribution is 8.18. The first-order chi connectivity index (χ1) is 9.27. The second-order valence-corrected chi connectivity index (χ2v) is 6.89. The molecule has 3 nitrogen and oxygen atoms in total. The van der Waals surface area contributed by atoms with Crippen LogP contribution in [0.4, 0.5) is 0 Å². The summed E-state index contributed by atoms with van der Waals surface area (Å²) in [5, 5.41) is 13.1. The van der Waals surface area contributed by atoms with Crippen LogP contribution < -0.4 is 0 Å². The Kier molecular flexibility index (Phi) is 5.19. The predicted octanol–water partition coefficient (Wildman–Crippen LogP) is 3.60. The van der Waals surface area contributed by atoms with E-state index in [4.69, 9.17) is 4.74 Å². The summed E-state index contributed by atoms with van der Waals surface area (Å²) in [6, 6.07) is 8.14. The van der Waals surface area contributed by atoms with Crippen molar-refractivity contribution < 1.29 is 9.94 Å². The van der Waals surface area contributed by atoms with Gasteiger partial charge in [0.15, 0.2) is 0 Å². The smallest absolute Gasteiger partial charge is 0.207 e. The van der Waals surface area contributed by atoms with Crippen molar-refractivity contribution in [1.29, 1.82) is 0 Å². The molecule has 104 valence electrons. The van der Waals surface area contributed by atoms with Crippen molar-refractivity contribution in [2.75, 3.05) is 19.1 Å². The lowest BCUT2D eigenvalue weighted by atomic mass is 9.99. The number of aryl methyl sites for hydroxylation is 1. The fraction of sp³-hybridized carbons (Fsp3) is 0.500. The van der Waals surface area contributed by atoms with Gasteiger partial charge < -0.3 is 9.94 Å². The molecule has 1 aliphatic rings. The van der Waals surface area contributed by atoms with Crippen LogP contribution in [0.15, 0.2) is 29.4 Å². The van der Waals surface area contributed by atoms with E-state index in [0.717, 1.165) is 30.6 Å². The largest absolute Gasteiger partial charge is 0.410 e. The highest BCUT2D eigenvalue weighted by Gasteiger charge is 2.39. The average molecular weight is 297 g/mol. The molecule has 1 N–H and O–H groups in total. The molecule has 0 amide bonds.